The fraction of sp³-hybridized carbons (Fsp3) is 0.421. The molecule has 2 aromatic rings. The Bertz CT molecular complexity index is 1220. The summed E-state index contributed by atoms with van der Waals surface area (Å²) in [7, 11) is 1.26. The maximum atomic E-state index is 13.3. The zero-order valence-electron chi connectivity index (χ0n) is 18.7. The van der Waals surface area contributed by atoms with Crippen LogP contribution in [0.5, 0.6) is 0 Å². The van der Waals surface area contributed by atoms with Crippen molar-refractivity contribution in [2.75, 3.05) is 12.9 Å². The number of rotatable bonds is 11. The molecule has 0 spiro atoms. The van der Waals surface area contributed by atoms with Crippen molar-refractivity contribution in [3.8, 4) is 0 Å². The summed E-state index contributed by atoms with van der Waals surface area (Å²) in [6.45, 7) is 0.266. The van der Waals surface area contributed by atoms with E-state index in [9.17, 15) is 29.4 Å². The number of thioether (sulfide) groups is 2. The largest absolute Gasteiger partial charge is 0.481 e. The van der Waals surface area contributed by atoms with Crippen molar-refractivity contribution in [3.63, 3.8) is 0 Å². The molecule has 2 aromatic heterocycles. The number of carbonyl (C=O) groups excluding carboxylic acids is 2. The number of carbonyl (C=O) groups is 4. The number of carboxylic acids is 2. The molecule has 36 heavy (non-hydrogen) atoms. The molecule has 1 saturated heterocycles. The van der Waals surface area contributed by atoms with Crippen LogP contribution in [0, 0.1) is 0 Å². The summed E-state index contributed by atoms with van der Waals surface area (Å²) >= 11 is 3.47. The molecule has 1 fully saturated rings. The number of nitrogens with one attached hydrogen (secondary N) is 2. The molecule has 192 valence electrons. The summed E-state index contributed by atoms with van der Waals surface area (Å²) in [5.41, 5.74) is 4.63. The number of thiophene rings is 1. The molecule has 6 N–H and O–H groups in total. The Morgan fingerprint density at radius 2 is 2.22 bits per heavy atom. The first-order valence-corrected chi connectivity index (χ1v) is 13.2. The van der Waals surface area contributed by atoms with Crippen molar-refractivity contribution in [2.24, 2.45) is 5.73 Å². The van der Waals surface area contributed by atoms with Crippen LogP contribution in [-0.4, -0.2) is 88.7 Å². The Hall–Kier alpha value is -2.99. The number of carboxylic acid groups (broad SMARTS) is 2. The molecular weight excluding hydrogens is 534 g/mol. The minimum Gasteiger partial charge on any atom is -0.481 e. The Morgan fingerprint density at radius 1 is 1.44 bits per heavy atom. The number of nitrogens with two attached hydrogens (primary N) is 1. The van der Waals surface area contributed by atoms with Crippen molar-refractivity contribution in [2.45, 2.75) is 40.9 Å². The lowest BCUT2D eigenvalue weighted by molar-refractivity contribution is -0.192. The molecule has 2 amide bonds. The van der Waals surface area contributed by atoms with Crippen LogP contribution >= 0.6 is 34.9 Å². The van der Waals surface area contributed by atoms with Crippen molar-refractivity contribution in [1.29, 1.82) is 0 Å². The monoisotopic (exact) mass is 555 g/mol. The van der Waals surface area contributed by atoms with E-state index in [4.69, 9.17) is 10.5 Å². The number of aromatic nitrogens is 4. The first kappa shape index (κ1) is 26.1. The third-order valence-corrected chi connectivity index (χ3v) is 9.05. The first-order valence-electron chi connectivity index (χ1n) is 10.4. The van der Waals surface area contributed by atoms with Gasteiger partial charge in [0.2, 0.25) is 11.1 Å². The molecular formula is C19H21N7O7S3. The average Bonchev–Trinajstić information content (AvgIpc) is 3.52. The number of β-lactam (4-membered cyclic amide) rings is 1. The van der Waals surface area contributed by atoms with Gasteiger partial charge in [0, 0.05) is 29.5 Å². The van der Waals surface area contributed by atoms with Crippen LogP contribution in [0.1, 0.15) is 16.9 Å². The number of H-pyrrole nitrogens is 1. The first-order chi connectivity index (χ1) is 17.2. The Balaban J connectivity index is 1.61. The van der Waals surface area contributed by atoms with E-state index in [0.29, 0.717) is 0 Å². The van der Waals surface area contributed by atoms with Gasteiger partial charge in [0.25, 0.3) is 11.6 Å². The molecule has 0 bridgehead atoms. The second kappa shape index (κ2) is 10.6. The standard InChI is InChI=1S/C19H21N7O7S3/c1-33-19(21-12(27)4-10-8(6-20)2-3-34-10)16(32)26-14(15(30)31)9(7-35-17(19)26)11(5-13(28)29)36-18-22-24-25-23-18/h2-3,11,17H,4-7,20H2,1H3,(H,21,27)(H,28,29)(H,30,31)(H,22,23,24,25)/t11?,17-,19?/m0/s1. The maximum absolute atomic E-state index is 13.3. The zero-order valence-corrected chi connectivity index (χ0v) is 21.1. The molecule has 0 aliphatic carbocycles. The van der Waals surface area contributed by atoms with Gasteiger partial charge in [-0.05, 0) is 33.0 Å². The molecule has 0 saturated carbocycles. The van der Waals surface area contributed by atoms with E-state index in [1.807, 2.05) is 11.4 Å². The smallest absolute Gasteiger partial charge is 0.352 e. The van der Waals surface area contributed by atoms with Gasteiger partial charge in [0.15, 0.2) is 0 Å². The topological polar surface area (TPSA) is 214 Å². The van der Waals surface area contributed by atoms with Gasteiger partial charge in [-0.25, -0.2) is 9.89 Å². The zero-order chi connectivity index (χ0) is 26.0. The highest BCUT2D eigenvalue weighted by molar-refractivity contribution is 8.01. The number of aromatic amines is 1. The fourth-order valence-electron chi connectivity index (χ4n) is 3.98. The van der Waals surface area contributed by atoms with Crippen molar-refractivity contribution in [1.82, 2.24) is 30.8 Å². The van der Waals surface area contributed by atoms with Crippen LogP contribution in [0.15, 0.2) is 27.9 Å². The van der Waals surface area contributed by atoms with Gasteiger partial charge in [-0.2, -0.15) is 0 Å². The van der Waals surface area contributed by atoms with E-state index in [2.05, 4.69) is 25.9 Å². The number of fused-ring (bicyclic) bond motifs is 1. The number of methoxy groups -OCH3 is 1. The second-order valence-electron chi connectivity index (χ2n) is 7.67. The predicted molar refractivity (Wildman–Crippen MR) is 128 cm³/mol. The van der Waals surface area contributed by atoms with E-state index in [-0.39, 0.29) is 35.1 Å². The quantitative estimate of drug-likeness (QED) is 0.136. The minimum absolute atomic E-state index is 0.0185. The molecule has 0 radical (unpaired) electrons. The molecule has 2 aliphatic heterocycles. The molecule has 2 unspecified atom stereocenters. The van der Waals surface area contributed by atoms with Crippen molar-refractivity contribution < 1.29 is 34.1 Å². The van der Waals surface area contributed by atoms with E-state index < -0.39 is 46.5 Å². The van der Waals surface area contributed by atoms with Crippen LogP contribution in [0.3, 0.4) is 0 Å². The van der Waals surface area contributed by atoms with Gasteiger partial charge in [0.1, 0.15) is 11.1 Å². The number of tetrazole rings is 1. The molecule has 3 atom stereocenters. The number of amides is 2. The van der Waals surface area contributed by atoms with Gasteiger partial charge in [-0.1, -0.05) is 11.8 Å². The van der Waals surface area contributed by atoms with Crippen LogP contribution < -0.4 is 11.1 Å². The highest BCUT2D eigenvalue weighted by atomic mass is 32.2. The Morgan fingerprint density at radius 3 is 2.83 bits per heavy atom. The third kappa shape index (κ3) is 4.71. The summed E-state index contributed by atoms with van der Waals surface area (Å²) < 4.78 is 5.46. The summed E-state index contributed by atoms with van der Waals surface area (Å²) in [4.78, 5) is 51.8. The van der Waals surface area contributed by atoms with Crippen LogP contribution in [0.2, 0.25) is 0 Å². The Labute approximate surface area is 216 Å². The van der Waals surface area contributed by atoms with Gasteiger partial charge >= 0.3 is 11.9 Å². The Kier molecular flexibility index (Phi) is 7.65. The number of hydrogen-bond acceptors (Lipinski definition) is 12. The van der Waals surface area contributed by atoms with E-state index in [1.165, 1.54) is 18.4 Å². The van der Waals surface area contributed by atoms with Crippen LogP contribution in [-0.2, 0) is 36.9 Å². The SMILES string of the molecule is COC1(NC(=O)Cc2sccc2CN)C(=O)N2C(C(=O)O)=C(C(CC(=O)O)Sc3nnn[nH]3)CS[C@H]21. The number of ether oxygens (including phenoxy) is 1. The lowest BCUT2D eigenvalue weighted by Crippen LogP contribution is -2.80. The molecule has 2 aliphatic rings. The van der Waals surface area contributed by atoms with Gasteiger partial charge < -0.3 is 26.0 Å². The highest BCUT2D eigenvalue weighted by Crippen LogP contribution is 2.49. The summed E-state index contributed by atoms with van der Waals surface area (Å²) in [6, 6.07) is 1.82. The summed E-state index contributed by atoms with van der Waals surface area (Å²) in [5.74, 6) is -3.74. The fourth-order valence-corrected chi connectivity index (χ4v) is 7.53. The average molecular weight is 556 g/mol. The van der Waals surface area contributed by atoms with Gasteiger partial charge in [-0.15, -0.1) is 28.2 Å². The number of hydrogen-bond donors (Lipinski definition) is 5. The summed E-state index contributed by atoms with van der Waals surface area (Å²) in [5, 5.41) is 35.4. The van der Waals surface area contributed by atoms with E-state index in [1.54, 1.807) is 0 Å². The molecule has 0 aromatic carbocycles. The molecule has 4 rings (SSSR count). The second-order valence-corrected chi connectivity index (χ2v) is 10.9. The normalized spacial score (nSPS) is 22.1. The molecule has 17 heteroatoms. The number of aliphatic carboxylic acids is 2. The van der Waals surface area contributed by atoms with Crippen molar-refractivity contribution in [3.05, 3.63) is 33.2 Å². The minimum atomic E-state index is -1.77. The van der Waals surface area contributed by atoms with Gasteiger partial charge in [0.05, 0.1) is 12.8 Å². The highest BCUT2D eigenvalue weighted by Gasteiger charge is 2.67. The lowest BCUT2D eigenvalue weighted by Gasteiger charge is -2.56. The van der Waals surface area contributed by atoms with Crippen LogP contribution in [0.25, 0.3) is 0 Å². The summed E-state index contributed by atoms with van der Waals surface area (Å²) in [6.07, 6.45) is -0.448. The predicted octanol–water partition coefficient (Wildman–Crippen LogP) is -0.389. The van der Waals surface area contributed by atoms with E-state index >= 15 is 0 Å². The third-order valence-electron chi connectivity index (χ3n) is 5.62. The lowest BCUT2D eigenvalue weighted by atomic mass is 9.96. The maximum Gasteiger partial charge on any atom is 0.352 e. The molecule has 14 nitrogen and oxygen atoms in total. The van der Waals surface area contributed by atoms with Crippen molar-refractivity contribution >= 4 is 58.6 Å². The number of nitrogens with zero attached hydrogens (tertiary/aromatic N) is 4. The molecule has 4 heterocycles. The van der Waals surface area contributed by atoms with Crippen LogP contribution in [0.4, 0.5) is 0 Å². The van der Waals surface area contributed by atoms with Gasteiger partial charge in [-0.3, -0.25) is 19.3 Å². The van der Waals surface area contributed by atoms with E-state index in [0.717, 1.165) is 38.9 Å².